The summed E-state index contributed by atoms with van der Waals surface area (Å²) in [6.45, 7) is 0.0429. The second-order valence-corrected chi connectivity index (χ2v) is 6.62. The molecule has 0 saturated carbocycles. The zero-order valence-corrected chi connectivity index (χ0v) is 15.0. The third-order valence-electron chi connectivity index (χ3n) is 4.44. The van der Waals surface area contributed by atoms with E-state index in [1.54, 1.807) is 0 Å². The predicted octanol–water partition coefficient (Wildman–Crippen LogP) is 2.48. The molecular weight excluding hydrogens is 399 g/mol. The molecule has 2 aromatic heterocycles. The molecule has 28 heavy (non-hydrogen) atoms. The summed E-state index contributed by atoms with van der Waals surface area (Å²) in [5.41, 5.74) is 0.804. The number of nitrogens with zero attached hydrogens (tertiary/aromatic N) is 5. The van der Waals surface area contributed by atoms with Crippen LogP contribution in [0.1, 0.15) is 39.6 Å². The molecule has 0 aliphatic heterocycles. The van der Waals surface area contributed by atoms with E-state index in [0.29, 0.717) is 29.9 Å². The lowest BCUT2D eigenvalue weighted by atomic mass is 10.1. The number of aromatic nitrogens is 6. The first-order valence-corrected chi connectivity index (χ1v) is 8.71. The molecule has 2 heterocycles. The lowest BCUT2D eigenvalue weighted by Gasteiger charge is -2.12. The molecule has 1 aliphatic rings. The Hall–Kier alpha value is -2.95. The van der Waals surface area contributed by atoms with Gasteiger partial charge in [-0.3, -0.25) is 4.79 Å². The number of amides is 1. The van der Waals surface area contributed by atoms with Crippen molar-refractivity contribution in [3.63, 3.8) is 0 Å². The summed E-state index contributed by atoms with van der Waals surface area (Å²) in [6.07, 6.45) is -2.54. The Balaban J connectivity index is 1.70. The fourth-order valence-corrected chi connectivity index (χ4v) is 3.37. The molecule has 4 rings (SSSR count). The van der Waals surface area contributed by atoms with E-state index in [9.17, 15) is 18.0 Å². The molecule has 1 aliphatic carbocycles. The monoisotopic (exact) mass is 411 g/mol. The predicted molar refractivity (Wildman–Crippen MR) is 90.9 cm³/mol. The number of nitrogens with one attached hydrogen (secondary N) is 2. The van der Waals surface area contributed by atoms with Crippen LogP contribution in [-0.4, -0.2) is 36.3 Å². The highest BCUT2D eigenvalue weighted by molar-refractivity contribution is 6.32. The molecule has 0 radical (unpaired) electrons. The molecule has 0 unspecified atom stereocenters. The number of alkyl halides is 3. The van der Waals surface area contributed by atoms with Crippen molar-refractivity contribution in [2.24, 2.45) is 0 Å². The summed E-state index contributed by atoms with van der Waals surface area (Å²) < 4.78 is 40.6. The summed E-state index contributed by atoms with van der Waals surface area (Å²) in [4.78, 5) is 12.6. The van der Waals surface area contributed by atoms with Gasteiger partial charge in [0.1, 0.15) is 0 Å². The Morgan fingerprint density at radius 3 is 2.86 bits per heavy atom. The van der Waals surface area contributed by atoms with Crippen molar-refractivity contribution < 1.29 is 18.0 Å². The number of benzene rings is 1. The highest BCUT2D eigenvalue weighted by Crippen LogP contribution is 2.35. The first-order chi connectivity index (χ1) is 13.3. The lowest BCUT2D eigenvalue weighted by molar-refractivity contribution is -0.137. The normalized spacial score (nSPS) is 13.6. The van der Waals surface area contributed by atoms with Crippen molar-refractivity contribution in [2.45, 2.75) is 32.0 Å². The van der Waals surface area contributed by atoms with Gasteiger partial charge in [0.15, 0.2) is 11.5 Å². The maximum Gasteiger partial charge on any atom is 0.416 e. The van der Waals surface area contributed by atoms with Gasteiger partial charge in [-0.25, -0.2) is 4.68 Å². The summed E-state index contributed by atoms with van der Waals surface area (Å²) in [7, 11) is 0. The van der Waals surface area contributed by atoms with Crippen molar-refractivity contribution in [1.82, 2.24) is 35.7 Å². The number of aromatic amines is 1. The molecule has 0 fully saturated rings. The Morgan fingerprint density at radius 2 is 2.14 bits per heavy atom. The zero-order chi connectivity index (χ0) is 19.9. The number of hydrogen-bond acceptors (Lipinski definition) is 5. The first-order valence-electron chi connectivity index (χ1n) is 8.33. The van der Waals surface area contributed by atoms with E-state index in [1.807, 2.05) is 0 Å². The van der Waals surface area contributed by atoms with E-state index >= 15 is 0 Å². The van der Waals surface area contributed by atoms with Gasteiger partial charge < -0.3 is 5.32 Å². The number of halogens is 4. The van der Waals surface area contributed by atoms with Crippen LogP contribution >= 0.6 is 11.6 Å². The minimum absolute atomic E-state index is 0.0429. The van der Waals surface area contributed by atoms with Crippen molar-refractivity contribution >= 4 is 17.5 Å². The molecular formula is C16H13ClF3N7O. The zero-order valence-electron chi connectivity index (χ0n) is 14.2. The molecule has 0 bridgehead atoms. The van der Waals surface area contributed by atoms with Crippen LogP contribution in [0.15, 0.2) is 18.2 Å². The van der Waals surface area contributed by atoms with Crippen LogP contribution in [0.3, 0.4) is 0 Å². The largest absolute Gasteiger partial charge is 0.416 e. The summed E-state index contributed by atoms with van der Waals surface area (Å²) in [6, 6.07) is 3.03. The van der Waals surface area contributed by atoms with Crippen LogP contribution in [-0.2, 0) is 25.6 Å². The van der Waals surface area contributed by atoms with E-state index in [1.165, 1.54) is 10.7 Å². The second-order valence-electron chi connectivity index (χ2n) is 6.21. The van der Waals surface area contributed by atoms with E-state index in [0.717, 1.165) is 18.6 Å². The number of H-pyrrole nitrogens is 1. The maximum atomic E-state index is 13.1. The fourth-order valence-electron chi connectivity index (χ4n) is 3.17. The van der Waals surface area contributed by atoms with Gasteiger partial charge in [-0.05, 0) is 37.5 Å². The Bertz CT molecular complexity index is 1030. The SMILES string of the molecule is O=C(NCc1nn[nH]n1)c1nn(-c2cc(C(F)(F)F)ccc2Cl)c2c1CCC2. The molecule has 0 saturated heterocycles. The standard InChI is InChI=1S/C16H13ClF3N7O/c17-10-5-4-8(16(18,19)20)6-12(10)27-11-3-1-2-9(11)14(24-27)15(28)21-7-13-22-25-26-23-13/h4-6H,1-3,7H2,(H,21,28)(H,22,23,25,26). The van der Waals surface area contributed by atoms with Crippen molar-refractivity contribution in [3.8, 4) is 5.69 Å². The van der Waals surface area contributed by atoms with Gasteiger partial charge in [-0.2, -0.15) is 23.5 Å². The smallest absolute Gasteiger partial charge is 0.343 e. The van der Waals surface area contributed by atoms with Gasteiger partial charge in [-0.15, -0.1) is 10.2 Å². The molecule has 2 N–H and O–H groups in total. The molecule has 1 aromatic carbocycles. The fraction of sp³-hybridized carbons (Fsp3) is 0.312. The molecule has 146 valence electrons. The van der Waals surface area contributed by atoms with Crippen LogP contribution < -0.4 is 5.32 Å². The number of rotatable bonds is 4. The third kappa shape index (κ3) is 3.33. The summed E-state index contributed by atoms with van der Waals surface area (Å²) in [5, 5.41) is 20.2. The van der Waals surface area contributed by atoms with Crippen molar-refractivity contribution in [2.75, 3.05) is 0 Å². The van der Waals surface area contributed by atoms with E-state index in [4.69, 9.17) is 11.6 Å². The molecule has 3 aromatic rings. The van der Waals surface area contributed by atoms with Crippen LogP contribution in [0.2, 0.25) is 5.02 Å². The van der Waals surface area contributed by atoms with Crippen molar-refractivity contribution in [1.29, 1.82) is 0 Å². The third-order valence-corrected chi connectivity index (χ3v) is 4.76. The topological polar surface area (TPSA) is 101 Å². The average molecular weight is 412 g/mol. The maximum absolute atomic E-state index is 13.1. The van der Waals surface area contributed by atoms with Crippen molar-refractivity contribution in [3.05, 3.63) is 51.6 Å². The summed E-state index contributed by atoms with van der Waals surface area (Å²) in [5.74, 6) is -0.171. The van der Waals surface area contributed by atoms with E-state index < -0.39 is 17.6 Å². The number of carbonyl (C=O) groups is 1. The first kappa shape index (κ1) is 18.4. The highest BCUT2D eigenvalue weighted by atomic mass is 35.5. The molecule has 8 nitrogen and oxygen atoms in total. The van der Waals surface area contributed by atoms with Gasteiger partial charge in [0.05, 0.1) is 22.8 Å². The van der Waals surface area contributed by atoms with Gasteiger partial charge in [0, 0.05) is 11.3 Å². The Morgan fingerprint density at radius 1 is 1.32 bits per heavy atom. The molecule has 1 amide bonds. The minimum Gasteiger partial charge on any atom is -0.343 e. The van der Waals surface area contributed by atoms with Gasteiger partial charge >= 0.3 is 6.18 Å². The molecule has 0 spiro atoms. The summed E-state index contributed by atoms with van der Waals surface area (Å²) >= 11 is 6.14. The Labute approximate surface area is 161 Å². The van der Waals surface area contributed by atoms with Crippen LogP contribution in [0.5, 0.6) is 0 Å². The number of fused-ring (bicyclic) bond motifs is 1. The highest BCUT2D eigenvalue weighted by Gasteiger charge is 2.33. The van der Waals surface area contributed by atoms with Crippen LogP contribution in [0, 0.1) is 0 Å². The van der Waals surface area contributed by atoms with Gasteiger partial charge in [0.25, 0.3) is 5.91 Å². The van der Waals surface area contributed by atoms with Crippen LogP contribution in [0.4, 0.5) is 13.2 Å². The Kier molecular flexibility index (Phi) is 4.53. The van der Waals surface area contributed by atoms with Gasteiger partial charge in [0.2, 0.25) is 0 Å². The lowest BCUT2D eigenvalue weighted by Crippen LogP contribution is -2.25. The van der Waals surface area contributed by atoms with E-state index in [-0.39, 0.29) is 22.9 Å². The van der Waals surface area contributed by atoms with Crippen LogP contribution in [0.25, 0.3) is 5.69 Å². The molecule has 12 heteroatoms. The molecule has 0 atom stereocenters. The second kappa shape index (κ2) is 6.89. The minimum atomic E-state index is -4.51. The number of tetrazole rings is 1. The quantitative estimate of drug-likeness (QED) is 0.686. The van der Waals surface area contributed by atoms with E-state index in [2.05, 4.69) is 31.0 Å². The van der Waals surface area contributed by atoms with Gasteiger partial charge in [-0.1, -0.05) is 16.8 Å². The number of hydrogen-bond donors (Lipinski definition) is 2. The number of carbonyl (C=O) groups excluding carboxylic acids is 1. The average Bonchev–Trinajstić information content (AvgIpc) is 3.37.